The van der Waals surface area contributed by atoms with Crippen LogP contribution in [0.3, 0.4) is 0 Å². The second kappa shape index (κ2) is 7.49. The Hall–Kier alpha value is -2.33. The molecule has 0 aliphatic rings. The summed E-state index contributed by atoms with van der Waals surface area (Å²) in [5.74, 6) is 0.0576. The first-order valence-corrected chi connectivity index (χ1v) is 9.05. The quantitative estimate of drug-likeness (QED) is 0.734. The molecule has 1 amide bonds. The Labute approximate surface area is 146 Å². The van der Waals surface area contributed by atoms with Gasteiger partial charge in [0.1, 0.15) is 6.04 Å². The van der Waals surface area contributed by atoms with Crippen molar-refractivity contribution in [2.75, 3.05) is 18.5 Å². The lowest BCUT2D eigenvalue weighted by Gasteiger charge is -2.26. The number of likely N-dealkylation sites (N-methyl/N-ethyl adjacent to an activating group) is 1. The van der Waals surface area contributed by atoms with E-state index in [0.717, 1.165) is 12.1 Å². The third-order valence-electron chi connectivity index (χ3n) is 4.35. The van der Waals surface area contributed by atoms with E-state index in [0.29, 0.717) is 6.54 Å². The molecule has 2 aromatic carbocycles. The molecule has 0 saturated heterocycles. The van der Waals surface area contributed by atoms with E-state index in [9.17, 15) is 4.79 Å². The maximum Gasteiger partial charge on any atom is 0.242 e. The monoisotopic (exact) mass is 338 g/mol. The molecule has 1 aromatic heterocycles. The van der Waals surface area contributed by atoms with Crippen LogP contribution in [0.5, 0.6) is 0 Å². The molecule has 0 fully saturated rings. The summed E-state index contributed by atoms with van der Waals surface area (Å²) in [5.41, 5.74) is 1.05. The predicted molar refractivity (Wildman–Crippen MR) is 103 cm³/mol. The van der Waals surface area contributed by atoms with Crippen LogP contribution < -0.4 is 10.2 Å². The van der Waals surface area contributed by atoms with Gasteiger partial charge in [-0.2, -0.15) is 0 Å². The number of anilines is 1. The maximum atomic E-state index is 12.4. The Bertz CT molecular complexity index is 813. The standard InChI is InChI=1S/C20H22N2OS/c1-15(20(23)21-12-11-19-8-5-13-24-19)22(2)18-10-9-16-6-3-4-7-17(16)14-18/h3-10,13-15H,11-12H2,1-2H3,(H,21,23). The molecule has 124 valence electrons. The van der Waals surface area contributed by atoms with E-state index in [1.54, 1.807) is 11.3 Å². The highest BCUT2D eigenvalue weighted by Crippen LogP contribution is 2.22. The zero-order valence-electron chi connectivity index (χ0n) is 14.0. The molecule has 0 bridgehead atoms. The highest BCUT2D eigenvalue weighted by Gasteiger charge is 2.18. The molecule has 1 heterocycles. The van der Waals surface area contributed by atoms with Crippen molar-refractivity contribution in [3.8, 4) is 0 Å². The van der Waals surface area contributed by atoms with Gasteiger partial charge in [-0.25, -0.2) is 0 Å². The fourth-order valence-electron chi connectivity index (χ4n) is 2.71. The fraction of sp³-hybridized carbons (Fsp3) is 0.250. The minimum absolute atomic E-state index is 0.0576. The summed E-state index contributed by atoms with van der Waals surface area (Å²) in [6.45, 7) is 2.62. The molecule has 0 radical (unpaired) electrons. The number of fused-ring (bicyclic) bond motifs is 1. The van der Waals surface area contributed by atoms with Gasteiger partial charge in [0.25, 0.3) is 0 Å². The van der Waals surface area contributed by atoms with Crippen molar-refractivity contribution in [1.82, 2.24) is 5.32 Å². The van der Waals surface area contributed by atoms with Gasteiger partial charge in [-0.05, 0) is 47.7 Å². The Morgan fingerprint density at radius 1 is 1.12 bits per heavy atom. The average Bonchev–Trinajstić information content (AvgIpc) is 3.13. The van der Waals surface area contributed by atoms with Crippen LogP contribution >= 0.6 is 11.3 Å². The van der Waals surface area contributed by atoms with Crippen LogP contribution in [0.25, 0.3) is 10.8 Å². The molecule has 0 aliphatic carbocycles. The summed E-state index contributed by atoms with van der Waals surface area (Å²) >= 11 is 1.73. The van der Waals surface area contributed by atoms with Gasteiger partial charge in [0.15, 0.2) is 0 Å². The third kappa shape index (κ3) is 3.77. The first-order chi connectivity index (χ1) is 11.6. The van der Waals surface area contributed by atoms with Crippen LogP contribution in [-0.4, -0.2) is 25.5 Å². The van der Waals surface area contributed by atoms with E-state index in [1.807, 2.05) is 37.1 Å². The minimum Gasteiger partial charge on any atom is -0.363 e. The summed E-state index contributed by atoms with van der Waals surface area (Å²) in [7, 11) is 1.97. The number of thiophene rings is 1. The van der Waals surface area contributed by atoms with Crippen molar-refractivity contribution in [3.63, 3.8) is 0 Å². The zero-order valence-corrected chi connectivity index (χ0v) is 14.8. The van der Waals surface area contributed by atoms with Crippen LogP contribution in [0.1, 0.15) is 11.8 Å². The number of amides is 1. The van der Waals surface area contributed by atoms with Gasteiger partial charge in [-0.15, -0.1) is 11.3 Å². The minimum atomic E-state index is -0.213. The molecule has 0 spiro atoms. The molecular weight excluding hydrogens is 316 g/mol. The van der Waals surface area contributed by atoms with E-state index in [4.69, 9.17) is 0 Å². The van der Waals surface area contributed by atoms with Crippen LogP contribution in [0, 0.1) is 0 Å². The molecule has 0 saturated carbocycles. The van der Waals surface area contributed by atoms with Crippen molar-refractivity contribution in [3.05, 3.63) is 64.9 Å². The van der Waals surface area contributed by atoms with Crippen molar-refractivity contribution >= 4 is 33.7 Å². The van der Waals surface area contributed by atoms with E-state index in [-0.39, 0.29) is 11.9 Å². The number of hydrogen-bond acceptors (Lipinski definition) is 3. The summed E-state index contributed by atoms with van der Waals surface area (Å²) in [4.78, 5) is 15.7. The van der Waals surface area contributed by atoms with Gasteiger partial charge in [-0.1, -0.05) is 36.4 Å². The zero-order chi connectivity index (χ0) is 16.9. The van der Waals surface area contributed by atoms with Gasteiger partial charge in [-0.3, -0.25) is 4.79 Å². The molecule has 3 rings (SSSR count). The lowest BCUT2D eigenvalue weighted by molar-refractivity contribution is -0.121. The average molecular weight is 338 g/mol. The molecule has 1 unspecified atom stereocenters. The number of hydrogen-bond donors (Lipinski definition) is 1. The van der Waals surface area contributed by atoms with Crippen molar-refractivity contribution < 1.29 is 4.79 Å². The Kier molecular flexibility index (Phi) is 5.16. The second-order valence-electron chi connectivity index (χ2n) is 5.94. The third-order valence-corrected chi connectivity index (χ3v) is 5.29. The van der Waals surface area contributed by atoms with E-state index in [1.165, 1.54) is 15.6 Å². The topological polar surface area (TPSA) is 32.3 Å². The van der Waals surface area contributed by atoms with Crippen molar-refractivity contribution in [1.29, 1.82) is 0 Å². The molecule has 1 N–H and O–H groups in total. The molecule has 24 heavy (non-hydrogen) atoms. The van der Waals surface area contributed by atoms with Gasteiger partial charge < -0.3 is 10.2 Å². The molecule has 1 atom stereocenters. The molecule has 3 nitrogen and oxygen atoms in total. The van der Waals surface area contributed by atoms with Crippen LogP contribution in [0.2, 0.25) is 0 Å². The fourth-order valence-corrected chi connectivity index (χ4v) is 3.42. The SMILES string of the molecule is CC(C(=O)NCCc1cccs1)N(C)c1ccc2ccccc2c1. The Morgan fingerprint density at radius 3 is 2.67 bits per heavy atom. The number of carbonyl (C=O) groups excluding carboxylic acids is 1. The summed E-state index contributed by atoms with van der Waals surface area (Å²) in [6.07, 6.45) is 0.885. The predicted octanol–water partition coefficient (Wildman–Crippen LogP) is 4.08. The van der Waals surface area contributed by atoms with Crippen molar-refractivity contribution in [2.24, 2.45) is 0 Å². The van der Waals surface area contributed by atoms with E-state index >= 15 is 0 Å². The summed E-state index contributed by atoms with van der Waals surface area (Å²) in [5, 5.41) is 7.50. The van der Waals surface area contributed by atoms with Crippen LogP contribution in [-0.2, 0) is 11.2 Å². The Morgan fingerprint density at radius 2 is 1.92 bits per heavy atom. The lowest BCUT2D eigenvalue weighted by Crippen LogP contribution is -2.43. The van der Waals surface area contributed by atoms with Gasteiger partial charge in [0, 0.05) is 24.2 Å². The Balaban J connectivity index is 1.61. The molecule has 3 aromatic rings. The molecule has 0 aliphatic heterocycles. The lowest BCUT2D eigenvalue weighted by atomic mass is 10.1. The highest BCUT2D eigenvalue weighted by atomic mass is 32.1. The van der Waals surface area contributed by atoms with Gasteiger partial charge >= 0.3 is 0 Å². The number of rotatable bonds is 6. The number of nitrogens with zero attached hydrogens (tertiary/aromatic N) is 1. The molecular formula is C20H22N2OS. The number of nitrogens with one attached hydrogen (secondary N) is 1. The summed E-state index contributed by atoms with van der Waals surface area (Å²) < 4.78 is 0. The molecule has 4 heteroatoms. The first kappa shape index (κ1) is 16.5. The van der Waals surface area contributed by atoms with E-state index in [2.05, 4.69) is 47.1 Å². The van der Waals surface area contributed by atoms with Crippen LogP contribution in [0.15, 0.2) is 60.0 Å². The number of carbonyl (C=O) groups is 1. The summed E-state index contributed by atoms with van der Waals surface area (Å²) in [6, 6.07) is 18.5. The number of benzene rings is 2. The van der Waals surface area contributed by atoms with Gasteiger partial charge in [0.2, 0.25) is 5.91 Å². The van der Waals surface area contributed by atoms with Crippen molar-refractivity contribution in [2.45, 2.75) is 19.4 Å². The second-order valence-corrected chi connectivity index (χ2v) is 6.97. The normalized spacial score (nSPS) is 12.1. The smallest absolute Gasteiger partial charge is 0.242 e. The highest BCUT2D eigenvalue weighted by molar-refractivity contribution is 7.09. The largest absolute Gasteiger partial charge is 0.363 e. The maximum absolute atomic E-state index is 12.4. The van der Waals surface area contributed by atoms with Gasteiger partial charge in [0.05, 0.1) is 0 Å². The van der Waals surface area contributed by atoms with Crippen LogP contribution in [0.4, 0.5) is 5.69 Å². The van der Waals surface area contributed by atoms with E-state index < -0.39 is 0 Å². The first-order valence-electron chi connectivity index (χ1n) is 8.17.